The van der Waals surface area contributed by atoms with Crippen molar-refractivity contribution < 1.29 is 14.3 Å². The normalized spacial score (nSPS) is 14.3. The third-order valence-electron chi connectivity index (χ3n) is 4.82. The molecule has 1 heterocycles. The highest BCUT2D eigenvalue weighted by molar-refractivity contribution is 7.07. The molecule has 1 aliphatic carbocycles. The van der Waals surface area contributed by atoms with Crippen LogP contribution in [0.1, 0.15) is 40.5 Å². The molecule has 0 spiro atoms. The lowest BCUT2D eigenvalue weighted by atomic mass is 10.0. The van der Waals surface area contributed by atoms with E-state index in [-0.39, 0.29) is 11.9 Å². The van der Waals surface area contributed by atoms with Crippen LogP contribution in [0.3, 0.4) is 0 Å². The lowest BCUT2D eigenvalue weighted by Gasteiger charge is -2.19. The van der Waals surface area contributed by atoms with Gasteiger partial charge in [0.25, 0.3) is 5.91 Å². The topological polar surface area (TPSA) is 60.5 Å². The Labute approximate surface area is 168 Å². The fourth-order valence-electron chi connectivity index (χ4n) is 3.18. The van der Waals surface area contributed by atoms with E-state index in [0.29, 0.717) is 29.6 Å². The molecule has 1 unspecified atom stereocenters. The lowest BCUT2D eigenvalue weighted by Crippen LogP contribution is -2.29. The summed E-state index contributed by atoms with van der Waals surface area (Å²) in [4.78, 5) is 17.1. The molecule has 1 N–H and O–H groups in total. The van der Waals surface area contributed by atoms with Gasteiger partial charge in [0.2, 0.25) is 0 Å². The van der Waals surface area contributed by atoms with Crippen LogP contribution in [-0.2, 0) is 6.61 Å². The molecule has 1 fully saturated rings. The number of methoxy groups -OCH3 is 1. The Morgan fingerprint density at radius 2 is 2.04 bits per heavy atom. The minimum Gasteiger partial charge on any atom is -0.493 e. The van der Waals surface area contributed by atoms with Crippen molar-refractivity contribution in [1.82, 2.24) is 10.3 Å². The van der Waals surface area contributed by atoms with Gasteiger partial charge in [-0.3, -0.25) is 4.79 Å². The summed E-state index contributed by atoms with van der Waals surface area (Å²) in [7, 11) is 1.57. The number of nitrogens with zero attached hydrogens (tertiary/aromatic N) is 1. The largest absolute Gasteiger partial charge is 0.493 e. The van der Waals surface area contributed by atoms with E-state index in [2.05, 4.69) is 22.4 Å². The Bertz CT molecular complexity index is 924. The van der Waals surface area contributed by atoms with Crippen LogP contribution in [-0.4, -0.2) is 18.0 Å². The number of benzene rings is 2. The molecule has 4 rings (SSSR count). The van der Waals surface area contributed by atoms with Gasteiger partial charge in [-0.05, 0) is 42.5 Å². The molecule has 3 aromatic rings. The van der Waals surface area contributed by atoms with Crippen molar-refractivity contribution in [2.45, 2.75) is 25.5 Å². The highest BCUT2D eigenvalue weighted by atomic mass is 32.1. The first-order chi connectivity index (χ1) is 13.7. The SMILES string of the molecule is COc1cc(C(=O)NC(c2ccccc2)C2CC2)ccc1OCc1cscn1. The van der Waals surface area contributed by atoms with Gasteiger partial charge in [-0.2, -0.15) is 0 Å². The fraction of sp³-hybridized carbons (Fsp3) is 0.273. The summed E-state index contributed by atoms with van der Waals surface area (Å²) in [6.07, 6.45) is 2.29. The number of carbonyl (C=O) groups is 1. The molecule has 6 heteroatoms. The summed E-state index contributed by atoms with van der Waals surface area (Å²) < 4.78 is 11.2. The van der Waals surface area contributed by atoms with Gasteiger partial charge in [-0.15, -0.1) is 11.3 Å². The monoisotopic (exact) mass is 394 g/mol. The Hall–Kier alpha value is -2.86. The van der Waals surface area contributed by atoms with E-state index in [9.17, 15) is 4.79 Å². The molecule has 1 amide bonds. The minimum absolute atomic E-state index is 0.0419. The summed E-state index contributed by atoms with van der Waals surface area (Å²) in [5.41, 5.74) is 4.34. The quantitative estimate of drug-likeness (QED) is 0.606. The maximum Gasteiger partial charge on any atom is 0.251 e. The molecule has 0 radical (unpaired) electrons. The number of hydrogen-bond donors (Lipinski definition) is 1. The van der Waals surface area contributed by atoms with Crippen LogP contribution in [0.5, 0.6) is 11.5 Å². The number of rotatable bonds is 8. The third kappa shape index (κ3) is 4.34. The Kier molecular flexibility index (Phi) is 5.58. The van der Waals surface area contributed by atoms with E-state index in [1.165, 1.54) is 11.3 Å². The smallest absolute Gasteiger partial charge is 0.251 e. The van der Waals surface area contributed by atoms with Crippen LogP contribution in [0, 0.1) is 5.92 Å². The van der Waals surface area contributed by atoms with Crippen LogP contribution in [0.25, 0.3) is 0 Å². The lowest BCUT2D eigenvalue weighted by molar-refractivity contribution is 0.0931. The molecular weight excluding hydrogens is 372 g/mol. The van der Waals surface area contributed by atoms with Crippen LogP contribution < -0.4 is 14.8 Å². The van der Waals surface area contributed by atoms with Gasteiger partial charge in [0, 0.05) is 10.9 Å². The molecule has 0 aliphatic heterocycles. The first kappa shape index (κ1) is 18.5. The summed E-state index contributed by atoms with van der Waals surface area (Å²) >= 11 is 1.53. The van der Waals surface area contributed by atoms with E-state index in [4.69, 9.17) is 9.47 Å². The average molecular weight is 394 g/mol. The maximum atomic E-state index is 12.9. The highest BCUT2D eigenvalue weighted by Crippen LogP contribution is 2.41. The molecule has 1 aliphatic rings. The number of carbonyl (C=O) groups excluding carboxylic acids is 1. The zero-order valence-electron chi connectivity index (χ0n) is 15.6. The number of nitrogens with one attached hydrogen (secondary N) is 1. The molecular formula is C22H22N2O3S. The Balaban J connectivity index is 1.47. The van der Waals surface area contributed by atoms with Crippen LogP contribution in [0.2, 0.25) is 0 Å². The second-order valence-electron chi connectivity index (χ2n) is 6.83. The molecule has 0 saturated heterocycles. The molecule has 2 aromatic carbocycles. The minimum atomic E-state index is -0.106. The second-order valence-corrected chi connectivity index (χ2v) is 7.55. The zero-order chi connectivity index (χ0) is 19.3. The number of ether oxygens (including phenoxy) is 2. The van der Waals surface area contributed by atoms with Crippen molar-refractivity contribution >= 4 is 17.2 Å². The predicted octanol–water partition coefficient (Wildman–Crippen LogP) is 4.61. The van der Waals surface area contributed by atoms with Gasteiger partial charge < -0.3 is 14.8 Å². The number of amides is 1. The predicted molar refractivity (Wildman–Crippen MR) is 109 cm³/mol. The molecule has 1 aromatic heterocycles. The third-order valence-corrected chi connectivity index (χ3v) is 5.46. The van der Waals surface area contributed by atoms with Gasteiger partial charge in [0.15, 0.2) is 11.5 Å². The van der Waals surface area contributed by atoms with Gasteiger partial charge >= 0.3 is 0 Å². The van der Waals surface area contributed by atoms with Crippen molar-refractivity contribution in [2.24, 2.45) is 5.92 Å². The van der Waals surface area contributed by atoms with E-state index < -0.39 is 0 Å². The van der Waals surface area contributed by atoms with Crippen molar-refractivity contribution in [3.8, 4) is 11.5 Å². The van der Waals surface area contributed by atoms with E-state index in [1.54, 1.807) is 30.8 Å². The summed E-state index contributed by atoms with van der Waals surface area (Å²) in [5.74, 6) is 1.53. The van der Waals surface area contributed by atoms with Crippen LogP contribution >= 0.6 is 11.3 Å². The standard InChI is InChI=1S/C22H22N2O3S/c1-26-20-11-17(9-10-19(20)27-12-18-13-28-14-23-18)22(25)24-21(16-7-8-16)15-5-3-2-4-6-15/h2-6,9-11,13-14,16,21H,7-8,12H2,1H3,(H,24,25). The molecule has 1 atom stereocenters. The molecule has 1 saturated carbocycles. The molecule has 5 nitrogen and oxygen atoms in total. The van der Waals surface area contributed by atoms with Gasteiger partial charge in [0.05, 0.1) is 24.4 Å². The zero-order valence-corrected chi connectivity index (χ0v) is 16.4. The van der Waals surface area contributed by atoms with E-state index in [0.717, 1.165) is 24.1 Å². The average Bonchev–Trinajstić information content (AvgIpc) is 3.45. The van der Waals surface area contributed by atoms with Crippen molar-refractivity contribution in [3.05, 3.63) is 76.2 Å². The Morgan fingerprint density at radius 3 is 2.71 bits per heavy atom. The van der Waals surface area contributed by atoms with Crippen molar-refractivity contribution in [1.29, 1.82) is 0 Å². The number of aromatic nitrogens is 1. The van der Waals surface area contributed by atoms with Crippen LogP contribution in [0.4, 0.5) is 0 Å². The summed E-state index contributed by atoms with van der Waals surface area (Å²) in [6.45, 7) is 0.364. The van der Waals surface area contributed by atoms with Gasteiger partial charge in [-0.25, -0.2) is 4.98 Å². The molecule has 144 valence electrons. The van der Waals surface area contributed by atoms with E-state index in [1.807, 2.05) is 23.6 Å². The second kappa shape index (κ2) is 8.44. The summed E-state index contributed by atoms with van der Waals surface area (Å²) in [6, 6.07) is 15.4. The van der Waals surface area contributed by atoms with Gasteiger partial charge in [-0.1, -0.05) is 30.3 Å². The first-order valence-electron chi connectivity index (χ1n) is 9.28. The van der Waals surface area contributed by atoms with Crippen molar-refractivity contribution in [2.75, 3.05) is 7.11 Å². The first-order valence-corrected chi connectivity index (χ1v) is 10.2. The van der Waals surface area contributed by atoms with Crippen molar-refractivity contribution in [3.63, 3.8) is 0 Å². The Morgan fingerprint density at radius 1 is 1.21 bits per heavy atom. The molecule has 0 bridgehead atoms. The summed E-state index contributed by atoms with van der Waals surface area (Å²) in [5, 5.41) is 5.13. The molecule has 28 heavy (non-hydrogen) atoms. The maximum absolute atomic E-state index is 12.9. The number of hydrogen-bond acceptors (Lipinski definition) is 5. The van der Waals surface area contributed by atoms with Crippen LogP contribution in [0.15, 0.2) is 59.4 Å². The fourth-order valence-corrected chi connectivity index (χ4v) is 3.72. The van der Waals surface area contributed by atoms with Gasteiger partial charge in [0.1, 0.15) is 6.61 Å². The number of thiazole rings is 1. The highest BCUT2D eigenvalue weighted by Gasteiger charge is 2.33. The van der Waals surface area contributed by atoms with E-state index >= 15 is 0 Å².